The first-order chi connectivity index (χ1) is 5.11. The van der Waals surface area contributed by atoms with E-state index < -0.39 is 23.1 Å². The van der Waals surface area contributed by atoms with Crippen molar-refractivity contribution in [2.24, 2.45) is 0 Å². The molecule has 0 aromatic carbocycles. The average Bonchev–Trinajstić information content (AvgIpc) is 2.18. The summed E-state index contributed by atoms with van der Waals surface area (Å²) in [6, 6.07) is 0. The van der Waals surface area contributed by atoms with Crippen LogP contribution in [0.2, 0.25) is 0 Å². The zero-order valence-electron chi connectivity index (χ0n) is 5.14. The molecule has 0 fully saturated rings. The molecule has 0 saturated carbocycles. The predicted octanol–water partition coefficient (Wildman–Crippen LogP) is -1.79. The van der Waals surface area contributed by atoms with Crippen molar-refractivity contribution < 1.29 is 18.4 Å². The van der Waals surface area contributed by atoms with E-state index in [1.165, 1.54) is 0 Å². The molecule has 7 heteroatoms. The van der Waals surface area contributed by atoms with E-state index in [2.05, 4.69) is 0 Å². The minimum Gasteiger partial charge on any atom is -0.759 e. The van der Waals surface area contributed by atoms with Gasteiger partial charge < -0.3 is 4.55 Å². The summed E-state index contributed by atoms with van der Waals surface area (Å²) >= 11 is -2.65. The Balaban J connectivity index is 2.66. The van der Waals surface area contributed by atoms with Gasteiger partial charge in [-0.15, -0.1) is 0 Å². The number of hydrogen-bond donors (Lipinski definition) is 1. The van der Waals surface area contributed by atoms with Gasteiger partial charge in [0.1, 0.15) is 0 Å². The van der Waals surface area contributed by atoms with Crippen molar-refractivity contribution in [3.63, 3.8) is 0 Å². The summed E-state index contributed by atoms with van der Waals surface area (Å²) in [5.74, 6) is -1.39. The Hall–Kier alpha value is -1.05. The monoisotopic (exact) mass is 175 g/mol. The maximum absolute atomic E-state index is 10.6. The van der Waals surface area contributed by atoms with E-state index in [9.17, 15) is 18.4 Å². The second kappa shape index (κ2) is 2.91. The Morgan fingerprint density at radius 1 is 1.36 bits per heavy atom. The van der Waals surface area contributed by atoms with Crippen molar-refractivity contribution in [3.8, 4) is 0 Å². The summed E-state index contributed by atoms with van der Waals surface area (Å²) < 4.78 is 19.9. The van der Waals surface area contributed by atoms with Crippen LogP contribution in [0.4, 0.5) is 0 Å². The molecule has 2 amide bonds. The second-order valence-electron chi connectivity index (χ2n) is 1.67. The molecular formula is C4H3N2O4S-. The highest BCUT2D eigenvalue weighted by atomic mass is 32.2. The van der Waals surface area contributed by atoms with Gasteiger partial charge in [-0.05, 0) is 0 Å². The molecule has 11 heavy (non-hydrogen) atoms. The van der Waals surface area contributed by atoms with Gasteiger partial charge in [0, 0.05) is 23.4 Å². The normalized spacial score (nSPS) is 19.5. The molecule has 0 aromatic rings. The lowest BCUT2D eigenvalue weighted by Gasteiger charge is -2.15. The number of nitrogens with zero attached hydrogens (tertiary/aromatic N) is 1. The van der Waals surface area contributed by atoms with Crippen LogP contribution in [0.3, 0.4) is 0 Å². The van der Waals surface area contributed by atoms with Crippen LogP contribution in [0.5, 0.6) is 0 Å². The zero-order valence-corrected chi connectivity index (χ0v) is 5.96. The minimum atomic E-state index is -2.65. The summed E-state index contributed by atoms with van der Waals surface area (Å²) in [5, 5.41) is 0.392. The summed E-state index contributed by atoms with van der Waals surface area (Å²) in [7, 11) is 0. The predicted molar refractivity (Wildman–Crippen MR) is 33.0 cm³/mol. The molecule has 0 radical (unpaired) electrons. The van der Waals surface area contributed by atoms with E-state index in [4.69, 9.17) is 0 Å². The lowest BCUT2D eigenvalue weighted by Crippen LogP contribution is -2.43. The third-order valence-corrected chi connectivity index (χ3v) is 1.31. The fourth-order valence-electron chi connectivity index (χ4n) is 0.565. The van der Waals surface area contributed by atoms with Crippen LogP contribution in [0, 0.1) is 0 Å². The van der Waals surface area contributed by atoms with E-state index in [-0.39, 0.29) is 0 Å². The van der Waals surface area contributed by atoms with Gasteiger partial charge in [-0.1, -0.05) is 0 Å². The van der Waals surface area contributed by atoms with Gasteiger partial charge in [0.05, 0.1) is 0 Å². The first kappa shape index (κ1) is 8.05. The van der Waals surface area contributed by atoms with Crippen LogP contribution in [-0.2, 0) is 20.9 Å². The Bertz CT molecular complexity index is 243. The minimum absolute atomic E-state index is 0.392. The molecule has 1 heterocycles. The molecule has 0 bridgehead atoms. The van der Waals surface area contributed by atoms with Crippen molar-refractivity contribution in [1.82, 2.24) is 9.84 Å². The SMILES string of the molecule is O=C1C=CC(=O)N1NS(=O)[O-]. The summed E-state index contributed by atoms with van der Waals surface area (Å²) in [4.78, 5) is 22.8. The van der Waals surface area contributed by atoms with Gasteiger partial charge in [-0.25, -0.2) is 0 Å². The fourth-order valence-corrected chi connectivity index (χ4v) is 0.894. The largest absolute Gasteiger partial charge is 0.759 e. The standard InChI is InChI=1S/C4H4N2O4S/c7-3-1-2-4(8)6(3)5-11(9)10/h1-2,5H,(H,9,10)/p-1. The van der Waals surface area contributed by atoms with E-state index in [0.29, 0.717) is 5.01 Å². The molecule has 1 rings (SSSR count). The van der Waals surface area contributed by atoms with Crippen molar-refractivity contribution in [2.75, 3.05) is 0 Å². The number of rotatable bonds is 2. The van der Waals surface area contributed by atoms with E-state index >= 15 is 0 Å². The highest BCUT2D eigenvalue weighted by molar-refractivity contribution is 7.77. The first-order valence-corrected chi connectivity index (χ1v) is 3.60. The first-order valence-electron chi connectivity index (χ1n) is 2.53. The van der Waals surface area contributed by atoms with Gasteiger partial charge in [-0.2, -0.15) is 9.84 Å². The van der Waals surface area contributed by atoms with Gasteiger partial charge >= 0.3 is 0 Å². The number of carbonyl (C=O) groups excluding carboxylic acids is 2. The third-order valence-electron chi connectivity index (χ3n) is 0.975. The van der Waals surface area contributed by atoms with Gasteiger partial charge in [-0.3, -0.25) is 13.8 Å². The molecule has 0 spiro atoms. The van der Waals surface area contributed by atoms with Crippen LogP contribution in [0.15, 0.2) is 12.2 Å². The number of carbonyl (C=O) groups is 2. The molecule has 6 nitrogen and oxygen atoms in total. The zero-order chi connectivity index (χ0) is 8.43. The molecular weight excluding hydrogens is 172 g/mol. The molecule has 0 saturated heterocycles. The van der Waals surface area contributed by atoms with E-state index in [1.54, 1.807) is 4.83 Å². The van der Waals surface area contributed by atoms with Crippen LogP contribution in [0.1, 0.15) is 0 Å². The number of hydrazine groups is 1. The van der Waals surface area contributed by atoms with E-state index in [1.807, 2.05) is 0 Å². The number of nitrogens with one attached hydrogen (secondary N) is 1. The van der Waals surface area contributed by atoms with Crippen LogP contribution < -0.4 is 4.83 Å². The topological polar surface area (TPSA) is 89.5 Å². The van der Waals surface area contributed by atoms with Crippen LogP contribution in [-0.4, -0.2) is 25.6 Å². The molecule has 1 aliphatic heterocycles. The molecule has 1 N–H and O–H groups in total. The number of hydrogen-bond acceptors (Lipinski definition) is 4. The Kier molecular flexibility index (Phi) is 2.13. The van der Waals surface area contributed by atoms with Crippen molar-refractivity contribution in [2.45, 2.75) is 0 Å². The molecule has 0 aliphatic carbocycles. The maximum atomic E-state index is 10.6. The third kappa shape index (κ3) is 1.70. The smallest absolute Gasteiger partial charge is 0.269 e. The molecule has 1 aliphatic rings. The molecule has 60 valence electrons. The van der Waals surface area contributed by atoms with E-state index in [0.717, 1.165) is 12.2 Å². The Morgan fingerprint density at radius 3 is 2.18 bits per heavy atom. The summed E-state index contributed by atoms with van der Waals surface area (Å²) in [5.41, 5.74) is 0. The second-order valence-corrected chi connectivity index (χ2v) is 2.32. The van der Waals surface area contributed by atoms with Crippen molar-refractivity contribution >= 4 is 23.1 Å². The van der Waals surface area contributed by atoms with Gasteiger partial charge in [0.15, 0.2) is 0 Å². The lowest BCUT2D eigenvalue weighted by atomic mass is 10.6. The molecule has 1 unspecified atom stereocenters. The van der Waals surface area contributed by atoms with Gasteiger partial charge in [0.25, 0.3) is 11.8 Å². The lowest BCUT2D eigenvalue weighted by molar-refractivity contribution is -0.138. The highest BCUT2D eigenvalue weighted by Gasteiger charge is 2.22. The highest BCUT2D eigenvalue weighted by Crippen LogP contribution is 1.98. The molecule has 0 aromatic heterocycles. The Morgan fingerprint density at radius 2 is 1.82 bits per heavy atom. The quantitative estimate of drug-likeness (QED) is 0.396. The average molecular weight is 175 g/mol. The molecule has 1 atom stereocenters. The fraction of sp³-hybridized carbons (Fsp3) is 0. The van der Waals surface area contributed by atoms with Crippen LogP contribution in [0.25, 0.3) is 0 Å². The van der Waals surface area contributed by atoms with Crippen molar-refractivity contribution in [3.05, 3.63) is 12.2 Å². The number of amides is 2. The van der Waals surface area contributed by atoms with Crippen molar-refractivity contribution in [1.29, 1.82) is 0 Å². The van der Waals surface area contributed by atoms with Gasteiger partial charge in [0.2, 0.25) is 0 Å². The summed E-state index contributed by atoms with van der Waals surface area (Å²) in [6.45, 7) is 0. The number of imide groups is 1. The summed E-state index contributed by atoms with van der Waals surface area (Å²) in [6.07, 6.45) is 1.95. The van der Waals surface area contributed by atoms with Crippen LogP contribution >= 0.6 is 0 Å². The maximum Gasteiger partial charge on any atom is 0.269 e. The Labute approximate surface area is 64.3 Å².